The van der Waals surface area contributed by atoms with Crippen molar-refractivity contribution in [2.75, 3.05) is 0 Å². The van der Waals surface area contributed by atoms with Crippen LogP contribution >= 0.6 is 11.6 Å². The van der Waals surface area contributed by atoms with E-state index in [9.17, 15) is 13.6 Å². The Kier molecular flexibility index (Phi) is 4.29. The third-order valence-electron chi connectivity index (χ3n) is 5.29. The van der Waals surface area contributed by atoms with Crippen LogP contribution in [-0.2, 0) is 20.1 Å². The Hall–Kier alpha value is -3.32. The molecule has 0 N–H and O–H groups in total. The van der Waals surface area contributed by atoms with Crippen molar-refractivity contribution >= 4 is 28.4 Å². The Labute approximate surface area is 175 Å². The Morgan fingerprint density at radius 3 is 2.63 bits per heavy atom. The summed E-state index contributed by atoms with van der Waals surface area (Å²) >= 11 is 6.20. The molecule has 0 fully saturated rings. The van der Waals surface area contributed by atoms with Crippen molar-refractivity contribution < 1.29 is 13.6 Å². The van der Waals surface area contributed by atoms with Gasteiger partial charge >= 0.3 is 0 Å². The topological polar surface area (TPSA) is 51.0 Å². The zero-order chi connectivity index (χ0) is 21.0. The van der Waals surface area contributed by atoms with Crippen molar-refractivity contribution in [2.24, 2.45) is 7.05 Å². The number of hydrogen-bond donors (Lipinski definition) is 0. The summed E-state index contributed by atoms with van der Waals surface area (Å²) in [4.78, 5) is 18.1. The van der Waals surface area contributed by atoms with Gasteiger partial charge in [0.15, 0.2) is 0 Å². The Bertz CT molecular complexity index is 1310. The molecule has 1 aliphatic heterocycles. The van der Waals surface area contributed by atoms with Crippen LogP contribution in [0.25, 0.3) is 22.0 Å². The first-order valence-electron chi connectivity index (χ1n) is 9.25. The fraction of sp³-hybridized carbons (Fsp3) is 0.136. The monoisotopic (exact) mass is 424 g/mol. The molecule has 0 radical (unpaired) electrons. The zero-order valence-corrected chi connectivity index (χ0v) is 16.6. The standard InChI is InChI=1S/C22H15ClF2N4O/c1-28-9-15-13(4-5-17(23)21(15)27-28)12-7-18(24)16(19(25)8-12)10-29-11-20-14(22(29)30)3-2-6-26-20/h2-9H,10-11H2,1H3. The molecule has 0 saturated carbocycles. The highest BCUT2D eigenvalue weighted by molar-refractivity contribution is 6.35. The lowest BCUT2D eigenvalue weighted by atomic mass is 9.99. The molecule has 0 unspecified atom stereocenters. The number of benzene rings is 2. The van der Waals surface area contributed by atoms with Crippen molar-refractivity contribution in [1.82, 2.24) is 19.7 Å². The molecule has 0 spiro atoms. The molecular weight excluding hydrogens is 410 g/mol. The van der Waals surface area contributed by atoms with Crippen LogP contribution in [0.3, 0.4) is 0 Å². The van der Waals surface area contributed by atoms with Gasteiger partial charge in [-0.15, -0.1) is 0 Å². The summed E-state index contributed by atoms with van der Waals surface area (Å²) in [6, 6.07) is 9.26. The van der Waals surface area contributed by atoms with Crippen molar-refractivity contribution in [1.29, 1.82) is 0 Å². The van der Waals surface area contributed by atoms with Gasteiger partial charge in [-0.25, -0.2) is 8.78 Å². The van der Waals surface area contributed by atoms with Gasteiger partial charge in [-0.2, -0.15) is 5.10 Å². The predicted molar refractivity (Wildman–Crippen MR) is 109 cm³/mol. The fourth-order valence-electron chi connectivity index (χ4n) is 3.85. The van der Waals surface area contributed by atoms with Crippen molar-refractivity contribution in [3.63, 3.8) is 0 Å². The number of pyridine rings is 1. The van der Waals surface area contributed by atoms with Crippen LogP contribution in [-0.4, -0.2) is 25.6 Å². The summed E-state index contributed by atoms with van der Waals surface area (Å²) in [5, 5.41) is 5.47. The number of carbonyl (C=O) groups is 1. The lowest BCUT2D eigenvalue weighted by Gasteiger charge is -2.17. The van der Waals surface area contributed by atoms with Gasteiger partial charge in [0.25, 0.3) is 5.91 Å². The molecule has 0 atom stereocenters. The summed E-state index contributed by atoms with van der Waals surface area (Å²) in [5.74, 6) is -1.71. The van der Waals surface area contributed by atoms with E-state index in [0.717, 1.165) is 0 Å². The summed E-state index contributed by atoms with van der Waals surface area (Å²) in [6.07, 6.45) is 3.35. The molecule has 2 aromatic carbocycles. The van der Waals surface area contributed by atoms with E-state index in [-0.39, 0.29) is 24.6 Å². The van der Waals surface area contributed by atoms with Gasteiger partial charge in [-0.1, -0.05) is 17.7 Å². The minimum absolute atomic E-state index is 0.156. The number of aromatic nitrogens is 3. The number of hydrogen-bond acceptors (Lipinski definition) is 3. The highest BCUT2D eigenvalue weighted by Crippen LogP contribution is 2.34. The van der Waals surface area contributed by atoms with Crippen LogP contribution in [0, 0.1) is 11.6 Å². The molecule has 1 aliphatic rings. The molecule has 0 aliphatic carbocycles. The third-order valence-corrected chi connectivity index (χ3v) is 5.60. The molecule has 30 heavy (non-hydrogen) atoms. The summed E-state index contributed by atoms with van der Waals surface area (Å²) < 4.78 is 31.5. The van der Waals surface area contributed by atoms with E-state index in [0.29, 0.717) is 38.3 Å². The molecule has 1 amide bonds. The van der Waals surface area contributed by atoms with Crippen LogP contribution < -0.4 is 0 Å². The lowest BCUT2D eigenvalue weighted by molar-refractivity contribution is 0.0763. The number of fused-ring (bicyclic) bond motifs is 2. The zero-order valence-electron chi connectivity index (χ0n) is 15.9. The molecule has 5 rings (SSSR count). The fourth-order valence-corrected chi connectivity index (χ4v) is 4.05. The quantitative estimate of drug-likeness (QED) is 0.478. The summed E-state index contributed by atoms with van der Waals surface area (Å²) in [7, 11) is 1.75. The molecule has 0 bridgehead atoms. The van der Waals surface area contributed by atoms with E-state index in [1.807, 2.05) is 0 Å². The molecule has 4 aromatic rings. The molecule has 2 aromatic heterocycles. The van der Waals surface area contributed by atoms with Gasteiger partial charge in [0.05, 0.1) is 29.4 Å². The maximum absolute atomic E-state index is 15.0. The number of amides is 1. The normalized spacial score (nSPS) is 13.3. The number of aryl methyl sites for hydroxylation is 1. The minimum atomic E-state index is -0.714. The Morgan fingerprint density at radius 1 is 1.13 bits per heavy atom. The molecular formula is C22H15ClF2N4O. The number of rotatable bonds is 3. The van der Waals surface area contributed by atoms with Gasteiger partial charge in [0.1, 0.15) is 17.2 Å². The SMILES string of the molecule is Cn1cc2c(-c3cc(F)c(CN4Cc5ncccc5C4=O)c(F)c3)ccc(Cl)c2n1. The molecule has 5 nitrogen and oxygen atoms in total. The van der Waals surface area contributed by atoms with Crippen molar-refractivity contribution in [3.05, 3.63) is 82.3 Å². The minimum Gasteiger partial charge on any atom is -0.328 e. The summed E-state index contributed by atoms with van der Waals surface area (Å²) in [6.45, 7) is 0.0548. The first-order valence-corrected chi connectivity index (χ1v) is 9.63. The maximum atomic E-state index is 15.0. The highest BCUT2D eigenvalue weighted by atomic mass is 35.5. The first kappa shape index (κ1) is 18.7. The molecule has 8 heteroatoms. The Morgan fingerprint density at radius 2 is 1.90 bits per heavy atom. The predicted octanol–water partition coefficient (Wildman–Crippen LogP) is 4.72. The van der Waals surface area contributed by atoms with E-state index in [2.05, 4.69) is 10.1 Å². The largest absolute Gasteiger partial charge is 0.328 e. The second kappa shape index (κ2) is 6.88. The average molecular weight is 425 g/mol. The highest BCUT2D eigenvalue weighted by Gasteiger charge is 2.29. The van der Waals surface area contributed by atoms with E-state index in [1.165, 1.54) is 17.0 Å². The van der Waals surface area contributed by atoms with Crippen LogP contribution in [0.4, 0.5) is 8.78 Å². The van der Waals surface area contributed by atoms with Gasteiger partial charge in [0, 0.05) is 30.4 Å². The van der Waals surface area contributed by atoms with Crippen LogP contribution in [0.1, 0.15) is 21.6 Å². The number of carbonyl (C=O) groups excluding carboxylic acids is 1. The number of nitrogens with zero attached hydrogens (tertiary/aromatic N) is 4. The lowest BCUT2D eigenvalue weighted by Crippen LogP contribution is -2.24. The second-order valence-electron chi connectivity index (χ2n) is 7.24. The average Bonchev–Trinajstić information content (AvgIpc) is 3.26. The smallest absolute Gasteiger partial charge is 0.256 e. The van der Waals surface area contributed by atoms with E-state index in [4.69, 9.17) is 11.6 Å². The third kappa shape index (κ3) is 2.93. The second-order valence-corrected chi connectivity index (χ2v) is 7.64. The van der Waals surface area contributed by atoms with E-state index < -0.39 is 11.6 Å². The summed E-state index contributed by atoms with van der Waals surface area (Å²) in [5.41, 5.74) is 2.49. The van der Waals surface area contributed by atoms with E-state index >= 15 is 0 Å². The molecule has 150 valence electrons. The van der Waals surface area contributed by atoms with Crippen molar-refractivity contribution in [3.8, 4) is 11.1 Å². The van der Waals surface area contributed by atoms with Crippen molar-refractivity contribution in [2.45, 2.75) is 13.1 Å². The van der Waals surface area contributed by atoms with Gasteiger partial charge < -0.3 is 4.90 Å². The first-order chi connectivity index (χ1) is 14.4. The number of halogens is 3. The maximum Gasteiger partial charge on any atom is 0.256 e. The van der Waals surface area contributed by atoms with Crippen LogP contribution in [0.5, 0.6) is 0 Å². The van der Waals surface area contributed by atoms with E-state index in [1.54, 1.807) is 48.4 Å². The van der Waals surface area contributed by atoms with Crippen LogP contribution in [0.2, 0.25) is 5.02 Å². The Balaban J connectivity index is 1.51. The molecule has 0 saturated heterocycles. The van der Waals surface area contributed by atoms with Gasteiger partial charge in [-0.3, -0.25) is 14.5 Å². The van der Waals surface area contributed by atoms with Gasteiger partial charge in [0.2, 0.25) is 0 Å². The van der Waals surface area contributed by atoms with Gasteiger partial charge in [-0.05, 0) is 41.5 Å². The van der Waals surface area contributed by atoms with Crippen LogP contribution in [0.15, 0.2) is 48.8 Å². The molecule has 3 heterocycles.